The van der Waals surface area contributed by atoms with Crippen molar-refractivity contribution in [2.45, 2.75) is 38.6 Å². The predicted octanol–water partition coefficient (Wildman–Crippen LogP) is 3.19. The highest BCUT2D eigenvalue weighted by molar-refractivity contribution is 6.31. The molecule has 1 aromatic carbocycles. The lowest BCUT2D eigenvalue weighted by molar-refractivity contribution is -0.120. The van der Waals surface area contributed by atoms with Crippen LogP contribution in [-0.2, 0) is 4.79 Å². The number of hydrogen-bond acceptors (Lipinski definition) is 3. The smallest absolute Gasteiger partial charge is 0.227 e. The van der Waals surface area contributed by atoms with Crippen molar-refractivity contribution in [2.24, 2.45) is 11.7 Å². The first-order chi connectivity index (χ1) is 9.60. The van der Waals surface area contributed by atoms with Crippen molar-refractivity contribution in [2.75, 3.05) is 11.9 Å². The molecule has 2 rings (SSSR count). The summed E-state index contributed by atoms with van der Waals surface area (Å²) in [5.74, 6) is 0.709. The van der Waals surface area contributed by atoms with Crippen LogP contribution in [0, 0.1) is 5.92 Å². The Kier molecular flexibility index (Phi) is 5.26. The number of anilines is 1. The fourth-order valence-corrected chi connectivity index (χ4v) is 2.67. The lowest BCUT2D eigenvalue weighted by atomic mass is 9.86. The summed E-state index contributed by atoms with van der Waals surface area (Å²) < 4.78 is 5.50. The van der Waals surface area contributed by atoms with Gasteiger partial charge in [0.15, 0.2) is 0 Å². The molecule has 1 aliphatic carbocycles. The zero-order chi connectivity index (χ0) is 14.5. The third kappa shape index (κ3) is 3.87. The highest BCUT2D eigenvalue weighted by Gasteiger charge is 2.25. The molecule has 110 valence electrons. The Balaban J connectivity index is 2.05. The van der Waals surface area contributed by atoms with Gasteiger partial charge in [0.2, 0.25) is 5.91 Å². The first-order valence-electron chi connectivity index (χ1n) is 7.09. The van der Waals surface area contributed by atoms with Crippen molar-refractivity contribution in [1.29, 1.82) is 0 Å². The average molecular weight is 297 g/mol. The first-order valence-corrected chi connectivity index (χ1v) is 7.46. The molecular weight excluding hydrogens is 276 g/mol. The van der Waals surface area contributed by atoms with Crippen molar-refractivity contribution in [3.8, 4) is 5.75 Å². The SMILES string of the molecule is CCOc1ccc(Cl)cc1NC(=O)C1CCC(N)CC1. The molecule has 0 aromatic heterocycles. The summed E-state index contributed by atoms with van der Waals surface area (Å²) in [4.78, 5) is 12.3. The number of nitrogens with two attached hydrogens (primary N) is 1. The number of carbonyl (C=O) groups is 1. The van der Waals surface area contributed by atoms with Crippen molar-refractivity contribution in [1.82, 2.24) is 0 Å². The summed E-state index contributed by atoms with van der Waals surface area (Å²) in [5.41, 5.74) is 6.50. The molecule has 4 nitrogen and oxygen atoms in total. The van der Waals surface area contributed by atoms with Crippen LogP contribution in [0.4, 0.5) is 5.69 Å². The van der Waals surface area contributed by atoms with Crippen molar-refractivity contribution in [3.63, 3.8) is 0 Å². The Hall–Kier alpha value is -1.26. The number of hydrogen-bond donors (Lipinski definition) is 2. The topological polar surface area (TPSA) is 64.3 Å². The monoisotopic (exact) mass is 296 g/mol. The molecule has 1 saturated carbocycles. The van der Waals surface area contributed by atoms with E-state index in [0.29, 0.717) is 23.1 Å². The second-order valence-electron chi connectivity index (χ2n) is 5.17. The Morgan fingerprint density at radius 1 is 1.40 bits per heavy atom. The zero-order valence-corrected chi connectivity index (χ0v) is 12.5. The van der Waals surface area contributed by atoms with Crippen LogP contribution in [-0.4, -0.2) is 18.6 Å². The fraction of sp³-hybridized carbons (Fsp3) is 0.533. The Morgan fingerprint density at radius 2 is 2.10 bits per heavy atom. The molecule has 0 atom stereocenters. The van der Waals surface area contributed by atoms with Gasteiger partial charge in [-0.05, 0) is 50.8 Å². The zero-order valence-electron chi connectivity index (χ0n) is 11.7. The Bertz CT molecular complexity index is 471. The number of nitrogens with one attached hydrogen (secondary N) is 1. The van der Waals surface area contributed by atoms with Crippen molar-refractivity contribution < 1.29 is 9.53 Å². The molecule has 0 radical (unpaired) electrons. The van der Waals surface area contributed by atoms with Crippen LogP contribution in [0.25, 0.3) is 0 Å². The van der Waals surface area contributed by atoms with Gasteiger partial charge < -0.3 is 15.8 Å². The number of carbonyl (C=O) groups excluding carboxylic acids is 1. The van der Waals surface area contributed by atoms with Crippen LogP contribution >= 0.6 is 11.6 Å². The third-order valence-electron chi connectivity index (χ3n) is 3.64. The van der Waals surface area contributed by atoms with E-state index in [4.69, 9.17) is 22.1 Å². The van der Waals surface area contributed by atoms with E-state index in [1.807, 2.05) is 6.92 Å². The molecule has 0 unspecified atom stereocenters. The normalized spacial score (nSPS) is 22.4. The van der Waals surface area contributed by atoms with E-state index in [0.717, 1.165) is 25.7 Å². The van der Waals surface area contributed by atoms with Gasteiger partial charge >= 0.3 is 0 Å². The van der Waals surface area contributed by atoms with Crippen molar-refractivity contribution in [3.05, 3.63) is 23.2 Å². The van der Waals surface area contributed by atoms with Crippen LogP contribution in [0.3, 0.4) is 0 Å². The first kappa shape index (κ1) is 15.1. The summed E-state index contributed by atoms with van der Waals surface area (Å²) >= 11 is 5.98. The predicted molar refractivity (Wildman–Crippen MR) is 81.2 cm³/mol. The quantitative estimate of drug-likeness (QED) is 0.897. The number of benzene rings is 1. The molecule has 0 bridgehead atoms. The van der Waals surface area contributed by atoms with E-state index in [-0.39, 0.29) is 17.9 Å². The van der Waals surface area contributed by atoms with Gasteiger partial charge in [0, 0.05) is 17.0 Å². The summed E-state index contributed by atoms with van der Waals surface area (Å²) in [7, 11) is 0. The fourth-order valence-electron chi connectivity index (χ4n) is 2.50. The number of ether oxygens (including phenoxy) is 1. The van der Waals surface area contributed by atoms with Crippen LogP contribution in [0.2, 0.25) is 5.02 Å². The second kappa shape index (κ2) is 6.95. The van der Waals surface area contributed by atoms with Gasteiger partial charge in [-0.15, -0.1) is 0 Å². The summed E-state index contributed by atoms with van der Waals surface area (Å²) in [6, 6.07) is 5.49. The molecule has 0 spiro atoms. The lowest BCUT2D eigenvalue weighted by Crippen LogP contribution is -2.32. The molecular formula is C15H21ClN2O2. The maximum atomic E-state index is 12.3. The molecule has 5 heteroatoms. The maximum absolute atomic E-state index is 12.3. The van der Waals surface area contributed by atoms with E-state index in [1.165, 1.54) is 0 Å². The summed E-state index contributed by atoms with van der Waals surface area (Å²) in [5, 5.41) is 3.51. The van der Waals surface area contributed by atoms with Crippen LogP contribution in [0.5, 0.6) is 5.75 Å². The van der Waals surface area contributed by atoms with E-state index in [2.05, 4.69) is 5.32 Å². The van der Waals surface area contributed by atoms with Gasteiger partial charge in [-0.2, -0.15) is 0 Å². The maximum Gasteiger partial charge on any atom is 0.227 e. The van der Waals surface area contributed by atoms with Gasteiger partial charge in [-0.1, -0.05) is 11.6 Å². The Labute approximate surface area is 124 Å². The third-order valence-corrected chi connectivity index (χ3v) is 3.88. The van der Waals surface area contributed by atoms with Crippen LogP contribution in [0.15, 0.2) is 18.2 Å². The molecule has 0 aliphatic heterocycles. The largest absolute Gasteiger partial charge is 0.492 e. The number of rotatable bonds is 4. The second-order valence-corrected chi connectivity index (χ2v) is 5.61. The number of halogens is 1. The van der Waals surface area contributed by atoms with E-state index in [9.17, 15) is 4.79 Å². The minimum atomic E-state index is 0.0279. The minimum Gasteiger partial charge on any atom is -0.492 e. The average Bonchev–Trinajstić information content (AvgIpc) is 2.42. The number of amides is 1. The van der Waals surface area contributed by atoms with Gasteiger partial charge in [-0.25, -0.2) is 0 Å². The summed E-state index contributed by atoms with van der Waals surface area (Å²) in [6.07, 6.45) is 3.51. The van der Waals surface area contributed by atoms with Crippen molar-refractivity contribution >= 4 is 23.2 Å². The van der Waals surface area contributed by atoms with E-state index < -0.39 is 0 Å². The Morgan fingerprint density at radius 3 is 2.75 bits per heavy atom. The molecule has 1 aromatic rings. The minimum absolute atomic E-state index is 0.0279. The van der Waals surface area contributed by atoms with Gasteiger partial charge in [-0.3, -0.25) is 4.79 Å². The molecule has 1 amide bonds. The van der Waals surface area contributed by atoms with E-state index in [1.54, 1.807) is 18.2 Å². The van der Waals surface area contributed by atoms with Crippen LogP contribution in [0.1, 0.15) is 32.6 Å². The molecule has 1 fully saturated rings. The van der Waals surface area contributed by atoms with Gasteiger partial charge in [0.05, 0.1) is 12.3 Å². The standard InChI is InChI=1S/C15H21ClN2O2/c1-2-20-14-8-5-11(16)9-13(14)18-15(19)10-3-6-12(17)7-4-10/h5,8-10,12H,2-4,6-7,17H2,1H3,(H,18,19). The molecule has 3 N–H and O–H groups in total. The summed E-state index contributed by atoms with van der Waals surface area (Å²) in [6.45, 7) is 2.45. The lowest BCUT2D eigenvalue weighted by Gasteiger charge is -2.25. The van der Waals surface area contributed by atoms with Gasteiger partial charge in [0.1, 0.15) is 5.75 Å². The molecule has 1 aliphatic rings. The molecule has 0 saturated heterocycles. The van der Waals surface area contributed by atoms with Gasteiger partial charge in [0.25, 0.3) is 0 Å². The highest BCUT2D eigenvalue weighted by atomic mass is 35.5. The van der Waals surface area contributed by atoms with E-state index >= 15 is 0 Å². The molecule has 20 heavy (non-hydrogen) atoms. The molecule has 0 heterocycles. The van der Waals surface area contributed by atoms with Crippen LogP contribution < -0.4 is 15.8 Å². The highest BCUT2D eigenvalue weighted by Crippen LogP contribution is 2.30.